The zero-order valence-corrected chi connectivity index (χ0v) is 8.09. The molecule has 0 bridgehead atoms. The molecule has 2 aromatic rings. The molecule has 0 aliphatic heterocycles. The number of hydrogen-bond acceptors (Lipinski definition) is 3. The number of aromatic nitrogens is 4. The van der Waals surface area contributed by atoms with Gasteiger partial charge < -0.3 is 10.3 Å². The lowest BCUT2D eigenvalue weighted by Crippen LogP contribution is -2.08. The second-order valence-electron chi connectivity index (χ2n) is 3.20. The summed E-state index contributed by atoms with van der Waals surface area (Å²) in [6, 6.07) is 0. The first-order valence-corrected chi connectivity index (χ1v) is 4.51. The number of nitrogens with zero attached hydrogens (tertiary/aromatic N) is 4. The number of nitrogens with two attached hydrogens (primary N) is 1. The molecule has 0 atom stereocenters. The topological polar surface area (TPSA) is 61.7 Å². The van der Waals surface area contributed by atoms with Crippen LogP contribution in [0.4, 0.5) is 5.69 Å². The maximum atomic E-state index is 5.55. The minimum absolute atomic E-state index is 0.701. The van der Waals surface area contributed by atoms with E-state index in [1.807, 2.05) is 24.0 Å². The van der Waals surface area contributed by atoms with E-state index in [0.29, 0.717) is 5.69 Å². The number of nitrogen functional groups attached to an aromatic ring is 1. The van der Waals surface area contributed by atoms with Crippen molar-refractivity contribution < 1.29 is 0 Å². The zero-order chi connectivity index (χ0) is 9.97. The monoisotopic (exact) mass is 191 g/mol. The first-order valence-electron chi connectivity index (χ1n) is 4.51. The molecule has 74 valence electrons. The summed E-state index contributed by atoms with van der Waals surface area (Å²) in [4.78, 5) is 4.14. The second kappa shape index (κ2) is 3.53. The van der Waals surface area contributed by atoms with Crippen molar-refractivity contribution in [3.63, 3.8) is 0 Å². The summed E-state index contributed by atoms with van der Waals surface area (Å²) in [5.41, 5.74) is 6.26. The smallest absolute Gasteiger partial charge is 0.105 e. The van der Waals surface area contributed by atoms with E-state index >= 15 is 0 Å². The van der Waals surface area contributed by atoms with Crippen molar-refractivity contribution in [1.29, 1.82) is 0 Å². The maximum absolute atomic E-state index is 5.55. The average molecular weight is 191 g/mol. The lowest BCUT2D eigenvalue weighted by Gasteiger charge is -2.04. The van der Waals surface area contributed by atoms with Gasteiger partial charge in [0.1, 0.15) is 5.82 Å². The lowest BCUT2D eigenvalue weighted by molar-refractivity contribution is 0.526. The van der Waals surface area contributed by atoms with Crippen LogP contribution in [0.5, 0.6) is 0 Å². The van der Waals surface area contributed by atoms with Gasteiger partial charge in [0.05, 0.1) is 18.4 Å². The summed E-state index contributed by atoms with van der Waals surface area (Å²) in [7, 11) is 0. The standard InChI is InChI=1S/C9H13N5/c1-8-11-2-3-13(8)4-5-14-7-9(10)6-12-14/h2-3,6-7H,4-5,10H2,1H3. The molecule has 2 rings (SSSR count). The van der Waals surface area contributed by atoms with Crippen LogP contribution in [0.15, 0.2) is 24.8 Å². The van der Waals surface area contributed by atoms with Crippen molar-refractivity contribution in [2.24, 2.45) is 0 Å². The number of aryl methyl sites for hydroxylation is 3. The zero-order valence-electron chi connectivity index (χ0n) is 8.09. The summed E-state index contributed by atoms with van der Waals surface area (Å²) in [6.07, 6.45) is 7.24. The first kappa shape index (κ1) is 8.80. The van der Waals surface area contributed by atoms with Gasteiger partial charge in [0.25, 0.3) is 0 Å². The molecule has 2 heterocycles. The predicted octanol–water partition coefficient (Wildman–Crippen LogP) is 0.670. The van der Waals surface area contributed by atoms with E-state index in [4.69, 9.17) is 5.73 Å². The maximum Gasteiger partial charge on any atom is 0.105 e. The number of imidazole rings is 1. The van der Waals surface area contributed by atoms with Crippen LogP contribution in [0.2, 0.25) is 0 Å². The fourth-order valence-corrected chi connectivity index (χ4v) is 1.35. The van der Waals surface area contributed by atoms with Gasteiger partial charge in [-0.25, -0.2) is 4.98 Å². The van der Waals surface area contributed by atoms with Crippen molar-refractivity contribution in [2.75, 3.05) is 5.73 Å². The molecule has 0 amide bonds. The predicted molar refractivity (Wildman–Crippen MR) is 53.6 cm³/mol. The quantitative estimate of drug-likeness (QED) is 0.775. The lowest BCUT2D eigenvalue weighted by atomic mass is 10.5. The van der Waals surface area contributed by atoms with E-state index in [0.717, 1.165) is 18.9 Å². The highest BCUT2D eigenvalue weighted by molar-refractivity contribution is 5.30. The van der Waals surface area contributed by atoms with Crippen LogP contribution >= 0.6 is 0 Å². The fourth-order valence-electron chi connectivity index (χ4n) is 1.35. The van der Waals surface area contributed by atoms with Crippen LogP contribution in [-0.2, 0) is 13.1 Å². The summed E-state index contributed by atoms with van der Waals surface area (Å²) in [5.74, 6) is 1.02. The molecule has 0 aliphatic rings. The molecule has 5 heteroatoms. The van der Waals surface area contributed by atoms with Gasteiger partial charge in [0.2, 0.25) is 0 Å². The molecule has 0 saturated carbocycles. The van der Waals surface area contributed by atoms with E-state index in [2.05, 4.69) is 14.6 Å². The average Bonchev–Trinajstić information content (AvgIpc) is 2.72. The highest BCUT2D eigenvalue weighted by Gasteiger charge is 1.98. The second-order valence-corrected chi connectivity index (χ2v) is 3.20. The molecule has 0 radical (unpaired) electrons. The number of hydrogen-bond donors (Lipinski definition) is 1. The molecule has 5 nitrogen and oxygen atoms in total. The van der Waals surface area contributed by atoms with Gasteiger partial charge in [-0.1, -0.05) is 0 Å². The molecular formula is C9H13N5. The van der Waals surface area contributed by atoms with Crippen LogP contribution < -0.4 is 5.73 Å². The molecule has 0 aliphatic carbocycles. The Balaban J connectivity index is 1.98. The van der Waals surface area contributed by atoms with Crippen molar-refractivity contribution in [2.45, 2.75) is 20.0 Å². The third-order valence-corrected chi connectivity index (χ3v) is 2.15. The van der Waals surface area contributed by atoms with Crippen molar-refractivity contribution >= 4 is 5.69 Å². The summed E-state index contributed by atoms with van der Waals surface area (Å²) in [5, 5.41) is 4.10. The molecular weight excluding hydrogens is 178 g/mol. The minimum atomic E-state index is 0.701. The van der Waals surface area contributed by atoms with Gasteiger partial charge in [-0.05, 0) is 6.92 Å². The highest BCUT2D eigenvalue weighted by atomic mass is 15.3. The van der Waals surface area contributed by atoms with E-state index in [1.165, 1.54) is 0 Å². The third kappa shape index (κ3) is 1.76. The van der Waals surface area contributed by atoms with Crippen molar-refractivity contribution in [3.8, 4) is 0 Å². The number of rotatable bonds is 3. The van der Waals surface area contributed by atoms with E-state index < -0.39 is 0 Å². The molecule has 0 spiro atoms. The van der Waals surface area contributed by atoms with Gasteiger partial charge in [-0.3, -0.25) is 4.68 Å². The Hall–Kier alpha value is -1.78. The Morgan fingerprint density at radius 3 is 2.86 bits per heavy atom. The molecule has 0 aromatic carbocycles. The highest BCUT2D eigenvalue weighted by Crippen LogP contribution is 2.00. The fraction of sp³-hybridized carbons (Fsp3) is 0.333. The van der Waals surface area contributed by atoms with E-state index in [9.17, 15) is 0 Å². The van der Waals surface area contributed by atoms with E-state index in [1.54, 1.807) is 12.4 Å². The first-order chi connectivity index (χ1) is 6.75. The summed E-state index contributed by atoms with van der Waals surface area (Å²) in [6.45, 7) is 3.67. The number of anilines is 1. The molecule has 2 N–H and O–H groups in total. The SMILES string of the molecule is Cc1nccn1CCn1cc(N)cn1. The molecule has 2 aromatic heterocycles. The minimum Gasteiger partial charge on any atom is -0.396 e. The van der Waals surface area contributed by atoms with Crippen LogP contribution in [0.25, 0.3) is 0 Å². The van der Waals surface area contributed by atoms with Gasteiger partial charge in [0.15, 0.2) is 0 Å². The third-order valence-electron chi connectivity index (χ3n) is 2.15. The Bertz CT molecular complexity index is 414. The normalized spacial score (nSPS) is 10.6. The van der Waals surface area contributed by atoms with Gasteiger partial charge >= 0.3 is 0 Å². The molecule has 0 saturated heterocycles. The van der Waals surface area contributed by atoms with Gasteiger partial charge in [0, 0.05) is 25.1 Å². The Morgan fingerprint density at radius 1 is 1.43 bits per heavy atom. The molecule has 0 fully saturated rings. The van der Waals surface area contributed by atoms with E-state index in [-0.39, 0.29) is 0 Å². The van der Waals surface area contributed by atoms with Crippen molar-refractivity contribution in [3.05, 3.63) is 30.6 Å². The van der Waals surface area contributed by atoms with Crippen LogP contribution in [0.1, 0.15) is 5.82 Å². The summed E-state index contributed by atoms with van der Waals surface area (Å²) < 4.78 is 3.91. The van der Waals surface area contributed by atoms with Gasteiger partial charge in [-0.15, -0.1) is 0 Å². The Labute approximate surface area is 82.2 Å². The summed E-state index contributed by atoms with van der Waals surface area (Å²) >= 11 is 0. The van der Waals surface area contributed by atoms with Crippen LogP contribution in [0.3, 0.4) is 0 Å². The molecule has 0 unspecified atom stereocenters. The van der Waals surface area contributed by atoms with Gasteiger partial charge in [-0.2, -0.15) is 5.10 Å². The van der Waals surface area contributed by atoms with Crippen LogP contribution in [-0.4, -0.2) is 19.3 Å². The van der Waals surface area contributed by atoms with Crippen LogP contribution in [0, 0.1) is 6.92 Å². The Kier molecular flexibility index (Phi) is 2.22. The van der Waals surface area contributed by atoms with Crippen molar-refractivity contribution in [1.82, 2.24) is 19.3 Å². The largest absolute Gasteiger partial charge is 0.396 e. The Morgan fingerprint density at radius 2 is 2.29 bits per heavy atom. The molecule has 14 heavy (non-hydrogen) atoms.